The molecule has 0 aliphatic carbocycles. The summed E-state index contributed by atoms with van der Waals surface area (Å²) < 4.78 is 39.5. The van der Waals surface area contributed by atoms with Crippen molar-refractivity contribution >= 4 is 6.03 Å². The van der Waals surface area contributed by atoms with Gasteiger partial charge in [-0.3, -0.25) is 4.90 Å². The highest BCUT2D eigenvalue weighted by atomic mass is 19.4. The van der Waals surface area contributed by atoms with Gasteiger partial charge >= 0.3 is 12.2 Å². The fraction of sp³-hybridized carbons (Fsp3) is 0.800. The van der Waals surface area contributed by atoms with E-state index in [4.69, 9.17) is 0 Å². The van der Waals surface area contributed by atoms with Gasteiger partial charge in [0.05, 0.1) is 13.1 Å². The predicted octanol–water partition coefficient (Wildman–Crippen LogP) is 1.39. The average molecular weight is 360 g/mol. The molecule has 1 saturated heterocycles. The molecule has 2 aliphatic rings. The molecule has 3 rings (SSSR count). The van der Waals surface area contributed by atoms with Gasteiger partial charge in [0, 0.05) is 39.1 Å². The Balaban J connectivity index is 1.49. The lowest BCUT2D eigenvalue weighted by Gasteiger charge is -2.23. The molecule has 0 spiro atoms. The Labute approximate surface area is 144 Å². The number of carbonyl (C=O) groups is 1. The van der Waals surface area contributed by atoms with Crippen LogP contribution < -0.4 is 5.32 Å². The number of amides is 2. The van der Waals surface area contributed by atoms with E-state index in [2.05, 4.69) is 15.5 Å². The first kappa shape index (κ1) is 18.0. The summed E-state index contributed by atoms with van der Waals surface area (Å²) in [4.78, 5) is 15.2. The van der Waals surface area contributed by atoms with Crippen molar-refractivity contribution in [1.82, 2.24) is 29.9 Å². The fourth-order valence-corrected chi connectivity index (χ4v) is 3.35. The van der Waals surface area contributed by atoms with Crippen LogP contribution in [-0.2, 0) is 19.5 Å². The van der Waals surface area contributed by atoms with Gasteiger partial charge in [0.1, 0.15) is 5.82 Å². The van der Waals surface area contributed by atoms with Gasteiger partial charge in [-0.05, 0) is 19.3 Å². The summed E-state index contributed by atoms with van der Waals surface area (Å²) in [6.07, 6.45) is -0.587. The molecule has 2 aliphatic heterocycles. The van der Waals surface area contributed by atoms with Gasteiger partial charge in [-0.2, -0.15) is 13.2 Å². The van der Waals surface area contributed by atoms with E-state index in [-0.39, 0.29) is 19.1 Å². The van der Waals surface area contributed by atoms with Crippen molar-refractivity contribution in [3.05, 3.63) is 11.6 Å². The monoisotopic (exact) mass is 360 g/mol. The van der Waals surface area contributed by atoms with Crippen LogP contribution >= 0.6 is 0 Å². The largest absolute Gasteiger partial charge is 0.401 e. The third-order valence-corrected chi connectivity index (χ3v) is 4.61. The highest BCUT2D eigenvalue weighted by Crippen LogP contribution is 2.18. The molecule has 0 saturated carbocycles. The second-order valence-electron chi connectivity index (χ2n) is 6.53. The fourth-order valence-electron chi connectivity index (χ4n) is 3.35. The van der Waals surface area contributed by atoms with Crippen molar-refractivity contribution < 1.29 is 18.0 Å². The summed E-state index contributed by atoms with van der Waals surface area (Å²) in [5.74, 6) is 1.68. The number of carbonyl (C=O) groups excluding carboxylic acids is 1. The third kappa shape index (κ3) is 4.83. The van der Waals surface area contributed by atoms with Crippen LogP contribution in [0.15, 0.2) is 0 Å². The Kier molecular flexibility index (Phi) is 5.45. The Morgan fingerprint density at radius 1 is 1.04 bits per heavy atom. The van der Waals surface area contributed by atoms with Gasteiger partial charge in [0.25, 0.3) is 0 Å². The van der Waals surface area contributed by atoms with Crippen LogP contribution in [-0.4, -0.2) is 69.5 Å². The Morgan fingerprint density at radius 2 is 1.88 bits per heavy atom. The number of aryl methyl sites for hydroxylation is 1. The van der Waals surface area contributed by atoms with Crippen LogP contribution in [0.1, 0.15) is 30.9 Å². The summed E-state index contributed by atoms with van der Waals surface area (Å²) in [6, 6.07) is -0.262. The Morgan fingerprint density at radius 3 is 2.68 bits per heavy atom. The molecule has 0 unspecified atom stereocenters. The lowest BCUT2D eigenvalue weighted by molar-refractivity contribution is -0.145. The quantitative estimate of drug-likeness (QED) is 0.885. The van der Waals surface area contributed by atoms with Gasteiger partial charge in [-0.1, -0.05) is 0 Å². The van der Waals surface area contributed by atoms with Crippen molar-refractivity contribution in [2.75, 3.05) is 32.7 Å². The SMILES string of the molecule is O=C(NCc1nnc2n1CCCC2)N1CCCN(CC(F)(F)F)CC1. The van der Waals surface area contributed by atoms with Crippen molar-refractivity contribution in [3.63, 3.8) is 0 Å². The number of hydrogen-bond acceptors (Lipinski definition) is 4. The van der Waals surface area contributed by atoms with E-state index >= 15 is 0 Å². The zero-order chi connectivity index (χ0) is 17.9. The number of rotatable bonds is 3. The Hall–Kier alpha value is -1.84. The molecule has 7 nitrogen and oxygen atoms in total. The van der Waals surface area contributed by atoms with Crippen LogP contribution in [0.4, 0.5) is 18.0 Å². The van der Waals surface area contributed by atoms with Crippen LogP contribution in [0.5, 0.6) is 0 Å². The van der Waals surface area contributed by atoms with Crippen LogP contribution in [0.25, 0.3) is 0 Å². The van der Waals surface area contributed by atoms with Crippen molar-refractivity contribution in [1.29, 1.82) is 0 Å². The highest BCUT2D eigenvalue weighted by Gasteiger charge is 2.31. The standard InChI is InChI=1S/C15H23F3N6O/c16-15(17,18)11-22-5-3-6-23(9-8-22)14(25)19-10-13-21-20-12-4-1-2-7-24(12)13/h1-11H2,(H,19,25). The molecular weight excluding hydrogens is 337 g/mol. The molecule has 0 radical (unpaired) electrons. The molecule has 0 bridgehead atoms. The maximum atomic E-state index is 12.5. The van der Waals surface area contributed by atoms with E-state index in [1.54, 1.807) is 4.90 Å². The molecule has 1 N–H and O–H groups in total. The molecule has 0 aromatic carbocycles. The summed E-state index contributed by atoms with van der Waals surface area (Å²) in [6.45, 7) is 1.55. The molecule has 1 aromatic heterocycles. The molecule has 1 aromatic rings. The first-order chi connectivity index (χ1) is 11.9. The first-order valence-electron chi connectivity index (χ1n) is 8.65. The minimum Gasteiger partial charge on any atom is -0.331 e. The lowest BCUT2D eigenvalue weighted by atomic mass is 10.2. The number of fused-ring (bicyclic) bond motifs is 1. The number of nitrogens with one attached hydrogen (secondary N) is 1. The molecule has 140 valence electrons. The van der Waals surface area contributed by atoms with E-state index in [1.807, 2.05) is 4.57 Å². The van der Waals surface area contributed by atoms with Crippen LogP contribution in [0.3, 0.4) is 0 Å². The van der Waals surface area contributed by atoms with E-state index in [9.17, 15) is 18.0 Å². The maximum absolute atomic E-state index is 12.5. The Bertz CT molecular complexity index is 603. The van der Waals surface area contributed by atoms with Crippen molar-refractivity contribution in [3.8, 4) is 0 Å². The second-order valence-corrected chi connectivity index (χ2v) is 6.53. The normalized spacial score (nSPS) is 19.4. The van der Waals surface area contributed by atoms with Crippen molar-refractivity contribution in [2.24, 2.45) is 0 Å². The van der Waals surface area contributed by atoms with E-state index in [1.165, 1.54) is 4.90 Å². The smallest absolute Gasteiger partial charge is 0.331 e. The zero-order valence-electron chi connectivity index (χ0n) is 14.1. The molecule has 2 amide bonds. The summed E-state index contributed by atoms with van der Waals surface area (Å²) in [7, 11) is 0. The lowest BCUT2D eigenvalue weighted by Crippen LogP contribution is -2.43. The molecule has 3 heterocycles. The molecule has 1 fully saturated rings. The van der Waals surface area contributed by atoms with E-state index < -0.39 is 12.7 Å². The number of aromatic nitrogens is 3. The van der Waals surface area contributed by atoms with Gasteiger partial charge in [-0.15, -0.1) is 10.2 Å². The van der Waals surface area contributed by atoms with Crippen LogP contribution in [0.2, 0.25) is 0 Å². The average Bonchev–Trinajstić information content (AvgIpc) is 2.83. The predicted molar refractivity (Wildman–Crippen MR) is 83.9 cm³/mol. The topological polar surface area (TPSA) is 66.3 Å². The number of urea groups is 1. The maximum Gasteiger partial charge on any atom is 0.401 e. The molecule has 25 heavy (non-hydrogen) atoms. The van der Waals surface area contributed by atoms with Gasteiger partial charge in [0.2, 0.25) is 0 Å². The minimum atomic E-state index is -4.20. The van der Waals surface area contributed by atoms with Crippen LogP contribution in [0, 0.1) is 0 Å². The minimum absolute atomic E-state index is 0.229. The van der Waals surface area contributed by atoms with Gasteiger partial charge < -0.3 is 14.8 Å². The number of nitrogens with zero attached hydrogens (tertiary/aromatic N) is 5. The third-order valence-electron chi connectivity index (χ3n) is 4.61. The number of halogens is 3. The first-order valence-corrected chi connectivity index (χ1v) is 8.65. The summed E-state index contributed by atoms with van der Waals surface area (Å²) in [5.41, 5.74) is 0. The van der Waals surface area contributed by atoms with E-state index in [0.717, 1.165) is 37.5 Å². The molecular formula is C15H23F3N6O. The number of hydrogen-bond donors (Lipinski definition) is 1. The second kappa shape index (κ2) is 7.59. The number of alkyl halides is 3. The zero-order valence-corrected chi connectivity index (χ0v) is 14.1. The van der Waals surface area contributed by atoms with E-state index in [0.29, 0.717) is 26.1 Å². The van der Waals surface area contributed by atoms with Gasteiger partial charge in [-0.25, -0.2) is 4.79 Å². The van der Waals surface area contributed by atoms with Gasteiger partial charge in [0.15, 0.2) is 5.82 Å². The molecule has 10 heteroatoms. The summed E-state index contributed by atoms with van der Waals surface area (Å²) >= 11 is 0. The molecule has 0 atom stereocenters. The summed E-state index contributed by atoms with van der Waals surface area (Å²) in [5, 5.41) is 11.1. The van der Waals surface area contributed by atoms with Crippen molar-refractivity contribution in [2.45, 2.75) is 44.9 Å². The highest BCUT2D eigenvalue weighted by molar-refractivity contribution is 5.74.